The number of pyridine rings is 2. The van der Waals surface area contributed by atoms with E-state index in [1.54, 1.807) is 25.3 Å². The molecule has 3 aromatic heterocycles. The predicted molar refractivity (Wildman–Crippen MR) is 103 cm³/mol. The molecule has 3 rings (SSSR count). The summed E-state index contributed by atoms with van der Waals surface area (Å²) < 4.78 is 4.74. The lowest BCUT2D eigenvalue weighted by molar-refractivity contribution is -0.138. The summed E-state index contributed by atoms with van der Waals surface area (Å²) in [4.78, 5) is 39.9. The summed E-state index contributed by atoms with van der Waals surface area (Å²) >= 11 is 1.24. The van der Waals surface area contributed by atoms with Gasteiger partial charge in [0.05, 0.1) is 18.5 Å². The van der Waals surface area contributed by atoms with E-state index in [-0.39, 0.29) is 12.5 Å². The highest BCUT2D eigenvalue weighted by atomic mass is 32.1. The Morgan fingerprint density at radius 1 is 1.11 bits per heavy atom. The van der Waals surface area contributed by atoms with Crippen LogP contribution >= 0.6 is 11.3 Å². The van der Waals surface area contributed by atoms with E-state index in [4.69, 9.17) is 4.74 Å². The van der Waals surface area contributed by atoms with Gasteiger partial charge in [-0.2, -0.15) is 0 Å². The van der Waals surface area contributed by atoms with Crippen molar-refractivity contribution in [2.45, 2.75) is 13.8 Å². The smallest absolute Gasteiger partial charge is 0.325 e. The summed E-state index contributed by atoms with van der Waals surface area (Å²) in [6.07, 6.45) is 1.67. The van der Waals surface area contributed by atoms with E-state index in [1.807, 2.05) is 31.2 Å². The first-order valence-electron chi connectivity index (χ1n) is 8.20. The Hall–Kier alpha value is -3.13. The van der Waals surface area contributed by atoms with E-state index in [2.05, 4.69) is 15.0 Å². The fourth-order valence-corrected chi connectivity index (χ4v) is 3.44. The van der Waals surface area contributed by atoms with Gasteiger partial charge in [-0.3, -0.25) is 19.5 Å². The van der Waals surface area contributed by atoms with Gasteiger partial charge in [-0.25, -0.2) is 9.97 Å². The molecule has 27 heavy (non-hydrogen) atoms. The number of amides is 1. The maximum Gasteiger partial charge on any atom is 0.325 e. The van der Waals surface area contributed by atoms with Crippen LogP contribution in [0.3, 0.4) is 0 Å². The molecule has 0 aliphatic carbocycles. The van der Waals surface area contributed by atoms with E-state index in [1.165, 1.54) is 23.3 Å². The molecule has 7 nitrogen and oxygen atoms in total. The SMILES string of the molecule is COC(=O)CN(C(=O)c1sc(-c2ccccn2)nc1C)c1cccc(C)n1. The van der Waals surface area contributed by atoms with E-state index in [9.17, 15) is 9.59 Å². The average Bonchev–Trinajstić information content (AvgIpc) is 3.07. The maximum absolute atomic E-state index is 13.2. The quantitative estimate of drug-likeness (QED) is 0.631. The number of aromatic nitrogens is 3. The van der Waals surface area contributed by atoms with Gasteiger partial charge in [0.1, 0.15) is 22.2 Å². The zero-order valence-corrected chi connectivity index (χ0v) is 16.0. The summed E-state index contributed by atoms with van der Waals surface area (Å²) in [5.41, 5.74) is 2.01. The second kappa shape index (κ2) is 8.05. The van der Waals surface area contributed by atoms with Crippen LogP contribution in [0.4, 0.5) is 5.82 Å². The maximum atomic E-state index is 13.2. The molecule has 0 fully saturated rings. The number of rotatable bonds is 5. The largest absolute Gasteiger partial charge is 0.468 e. The minimum absolute atomic E-state index is 0.234. The molecule has 0 spiro atoms. The van der Waals surface area contributed by atoms with Crippen molar-refractivity contribution in [1.82, 2.24) is 15.0 Å². The molecule has 0 atom stereocenters. The third-order valence-corrected chi connectivity index (χ3v) is 4.95. The third kappa shape index (κ3) is 4.17. The van der Waals surface area contributed by atoms with Crippen LogP contribution in [0.25, 0.3) is 10.7 Å². The second-order valence-electron chi connectivity index (χ2n) is 5.75. The molecule has 0 aromatic carbocycles. The number of nitrogens with zero attached hydrogens (tertiary/aromatic N) is 4. The van der Waals surface area contributed by atoms with Crippen LogP contribution in [0.2, 0.25) is 0 Å². The molecule has 0 aliphatic rings. The number of esters is 1. The van der Waals surface area contributed by atoms with Crippen LogP contribution in [-0.4, -0.2) is 40.5 Å². The highest BCUT2D eigenvalue weighted by Crippen LogP contribution is 2.28. The molecule has 8 heteroatoms. The third-order valence-electron chi connectivity index (χ3n) is 3.79. The highest BCUT2D eigenvalue weighted by molar-refractivity contribution is 7.17. The monoisotopic (exact) mass is 382 g/mol. The van der Waals surface area contributed by atoms with Gasteiger partial charge >= 0.3 is 5.97 Å². The van der Waals surface area contributed by atoms with Crippen molar-refractivity contribution in [2.75, 3.05) is 18.6 Å². The van der Waals surface area contributed by atoms with Crippen LogP contribution in [0.5, 0.6) is 0 Å². The van der Waals surface area contributed by atoms with Gasteiger partial charge in [-0.15, -0.1) is 11.3 Å². The molecule has 0 aliphatic heterocycles. The van der Waals surface area contributed by atoms with Crippen molar-refractivity contribution >= 4 is 29.0 Å². The van der Waals surface area contributed by atoms with E-state index < -0.39 is 5.97 Å². The molecular weight excluding hydrogens is 364 g/mol. The van der Waals surface area contributed by atoms with Crippen LogP contribution in [0, 0.1) is 13.8 Å². The molecule has 0 unspecified atom stereocenters. The van der Waals surface area contributed by atoms with Gasteiger partial charge in [0.2, 0.25) is 0 Å². The first kappa shape index (κ1) is 18.7. The lowest BCUT2D eigenvalue weighted by Crippen LogP contribution is -2.37. The van der Waals surface area contributed by atoms with Crippen LogP contribution in [-0.2, 0) is 9.53 Å². The predicted octanol–water partition coefficient (Wildman–Crippen LogP) is 3.04. The Labute approximate surface area is 160 Å². The summed E-state index contributed by atoms with van der Waals surface area (Å²) in [5.74, 6) is -0.493. The highest BCUT2D eigenvalue weighted by Gasteiger charge is 2.26. The lowest BCUT2D eigenvalue weighted by Gasteiger charge is -2.20. The van der Waals surface area contributed by atoms with Crippen molar-refractivity contribution in [3.63, 3.8) is 0 Å². The van der Waals surface area contributed by atoms with Gasteiger partial charge in [0.25, 0.3) is 5.91 Å². The zero-order chi connectivity index (χ0) is 19.4. The first-order chi connectivity index (χ1) is 13.0. The summed E-state index contributed by atoms with van der Waals surface area (Å²) in [5, 5.41) is 0.645. The Morgan fingerprint density at radius 3 is 2.59 bits per heavy atom. The van der Waals surface area contributed by atoms with Crippen LogP contribution < -0.4 is 4.90 Å². The molecule has 1 amide bonds. The van der Waals surface area contributed by atoms with E-state index >= 15 is 0 Å². The van der Waals surface area contributed by atoms with Gasteiger partial charge in [0, 0.05) is 11.9 Å². The van der Waals surface area contributed by atoms with Crippen molar-refractivity contribution in [1.29, 1.82) is 0 Å². The standard InChI is InChI=1S/C19H18N4O3S/c1-12-7-6-9-15(21-12)23(11-16(24)26-3)19(25)17-13(2)22-18(27-17)14-8-4-5-10-20-14/h4-10H,11H2,1-3H3. The molecule has 3 heterocycles. The molecule has 138 valence electrons. The number of thiazole rings is 1. The molecule has 0 radical (unpaired) electrons. The molecule has 3 aromatic rings. The number of carbonyl (C=O) groups is 2. The summed E-state index contributed by atoms with van der Waals surface area (Å²) in [6, 6.07) is 10.8. The van der Waals surface area contributed by atoms with Gasteiger partial charge < -0.3 is 4.74 Å². The fraction of sp³-hybridized carbons (Fsp3) is 0.211. The minimum Gasteiger partial charge on any atom is -0.468 e. The minimum atomic E-state index is -0.529. The normalized spacial score (nSPS) is 10.5. The zero-order valence-electron chi connectivity index (χ0n) is 15.2. The van der Waals surface area contributed by atoms with Gasteiger partial charge in [0.15, 0.2) is 0 Å². The number of methoxy groups -OCH3 is 1. The van der Waals surface area contributed by atoms with E-state index in [0.717, 1.165) is 5.69 Å². The molecule has 0 saturated carbocycles. The average molecular weight is 382 g/mol. The molecule has 0 saturated heterocycles. The number of carbonyl (C=O) groups excluding carboxylic acids is 2. The molecule has 0 N–H and O–H groups in total. The number of ether oxygens (including phenoxy) is 1. The molecule has 0 bridgehead atoms. The number of aryl methyl sites for hydroxylation is 2. The van der Waals surface area contributed by atoms with Gasteiger partial charge in [-0.1, -0.05) is 12.1 Å². The topological polar surface area (TPSA) is 85.3 Å². The number of hydrogen-bond acceptors (Lipinski definition) is 7. The van der Waals surface area contributed by atoms with Crippen molar-refractivity contribution in [3.8, 4) is 10.7 Å². The second-order valence-corrected chi connectivity index (χ2v) is 6.75. The Kier molecular flexibility index (Phi) is 5.56. The number of hydrogen-bond donors (Lipinski definition) is 0. The van der Waals surface area contributed by atoms with Crippen molar-refractivity contribution in [2.24, 2.45) is 0 Å². The van der Waals surface area contributed by atoms with Crippen LogP contribution in [0.15, 0.2) is 42.6 Å². The Balaban J connectivity index is 1.99. The molecular formula is C19H18N4O3S. The summed E-state index contributed by atoms with van der Waals surface area (Å²) in [6.45, 7) is 3.35. The Morgan fingerprint density at radius 2 is 1.93 bits per heavy atom. The van der Waals surface area contributed by atoms with Crippen molar-refractivity contribution < 1.29 is 14.3 Å². The number of anilines is 1. The fourth-order valence-electron chi connectivity index (χ4n) is 2.45. The van der Waals surface area contributed by atoms with Crippen LogP contribution in [0.1, 0.15) is 21.1 Å². The lowest BCUT2D eigenvalue weighted by atomic mass is 10.3. The Bertz CT molecular complexity index is 972. The summed E-state index contributed by atoms with van der Waals surface area (Å²) in [7, 11) is 1.28. The van der Waals surface area contributed by atoms with Gasteiger partial charge in [-0.05, 0) is 38.1 Å². The van der Waals surface area contributed by atoms with E-state index in [0.29, 0.717) is 27.1 Å². The van der Waals surface area contributed by atoms with Crippen molar-refractivity contribution in [3.05, 3.63) is 58.9 Å². The first-order valence-corrected chi connectivity index (χ1v) is 9.02.